The van der Waals surface area contributed by atoms with E-state index in [-0.39, 0.29) is 30.0 Å². The summed E-state index contributed by atoms with van der Waals surface area (Å²) in [4.78, 5) is 36.1. The number of para-hydroxylation sites is 1. The molecule has 0 radical (unpaired) electrons. The molecule has 2 aliphatic heterocycles. The number of hydrogen-bond acceptors (Lipinski definition) is 5. The fourth-order valence-corrected chi connectivity index (χ4v) is 4.92. The number of fused-ring (bicyclic) bond motifs is 1. The lowest BCUT2D eigenvalue weighted by Gasteiger charge is -2.42. The molecule has 0 N–H and O–H groups in total. The lowest BCUT2D eigenvalue weighted by atomic mass is 9.83. The van der Waals surface area contributed by atoms with Crippen LogP contribution >= 0.6 is 0 Å². The Kier molecular flexibility index (Phi) is 8.75. The fraction of sp³-hybridized carbons (Fsp3) is 0.607. The maximum Gasteiger partial charge on any atom is 0.410 e. The lowest BCUT2D eigenvalue weighted by Crippen LogP contribution is -2.50. The number of carbonyl (C=O) groups excluding carboxylic acids is 2. The molecule has 0 aromatic heterocycles. The predicted molar refractivity (Wildman–Crippen MR) is 142 cm³/mol. The molecule has 0 bridgehead atoms. The number of amides is 2. The summed E-state index contributed by atoms with van der Waals surface area (Å²) in [6.45, 7) is 17.6. The van der Waals surface area contributed by atoms with Gasteiger partial charge in [-0.2, -0.15) is 0 Å². The van der Waals surface area contributed by atoms with Crippen LogP contribution in [0, 0.1) is 5.92 Å². The minimum atomic E-state index is -0.472. The van der Waals surface area contributed by atoms with Crippen LogP contribution in [0.4, 0.5) is 10.5 Å². The van der Waals surface area contributed by atoms with Gasteiger partial charge in [-0.05, 0) is 46.8 Å². The summed E-state index contributed by atoms with van der Waals surface area (Å²) in [5.74, 6) is 0.268. The highest BCUT2D eigenvalue weighted by Crippen LogP contribution is 2.43. The van der Waals surface area contributed by atoms with Crippen molar-refractivity contribution in [1.82, 2.24) is 9.80 Å². The smallest absolute Gasteiger partial charge is 0.410 e. The van der Waals surface area contributed by atoms with Crippen molar-refractivity contribution in [3.8, 4) is 0 Å². The number of anilines is 1. The Labute approximate surface area is 210 Å². The van der Waals surface area contributed by atoms with Gasteiger partial charge in [0.05, 0.1) is 6.04 Å². The van der Waals surface area contributed by atoms with Crippen LogP contribution in [-0.4, -0.2) is 71.9 Å². The van der Waals surface area contributed by atoms with E-state index in [0.29, 0.717) is 13.1 Å². The van der Waals surface area contributed by atoms with Gasteiger partial charge in [-0.3, -0.25) is 14.7 Å². The predicted octanol–water partition coefficient (Wildman–Crippen LogP) is 5.08. The topological polar surface area (TPSA) is 65.5 Å². The van der Waals surface area contributed by atoms with Crippen molar-refractivity contribution < 1.29 is 14.3 Å². The van der Waals surface area contributed by atoms with Gasteiger partial charge < -0.3 is 14.5 Å². The molecule has 192 valence electrons. The van der Waals surface area contributed by atoms with Crippen molar-refractivity contribution in [3.05, 3.63) is 42.0 Å². The van der Waals surface area contributed by atoms with Crippen molar-refractivity contribution in [2.75, 3.05) is 37.6 Å². The fourth-order valence-electron chi connectivity index (χ4n) is 4.92. The van der Waals surface area contributed by atoms with Gasteiger partial charge in [0.25, 0.3) is 0 Å². The molecule has 7 heteroatoms. The number of ether oxygens (including phenoxy) is 1. The number of hydrogen-bond donors (Lipinski definition) is 0. The number of piperazine rings is 1. The molecule has 1 aromatic rings. The van der Waals surface area contributed by atoms with Gasteiger partial charge in [0.1, 0.15) is 5.60 Å². The number of carbonyl (C=O) groups is 2. The highest BCUT2D eigenvalue weighted by atomic mass is 16.6. The summed E-state index contributed by atoms with van der Waals surface area (Å²) in [6, 6.07) is 8.23. The Balaban J connectivity index is 1.69. The summed E-state index contributed by atoms with van der Waals surface area (Å²) >= 11 is 0. The molecule has 1 fully saturated rings. The van der Waals surface area contributed by atoms with Gasteiger partial charge in [0.2, 0.25) is 5.91 Å². The Bertz CT molecular complexity index is 957. The van der Waals surface area contributed by atoms with Crippen LogP contribution in [0.25, 0.3) is 0 Å². The van der Waals surface area contributed by atoms with Crippen LogP contribution in [0.15, 0.2) is 41.4 Å². The van der Waals surface area contributed by atoms with E-state index in [4.69, 9.17) is 9.73 Å². The van der Waals surface area contributed by atoms with Crippen LogP contribution in [0.3, 0.4) is 0 Å². The average molecular weight is 483 g/mol. The Morgan fingerprint density at radius 2 is 1.77 bits per heavy atom. The Hall–Kier alpha value is -2.67. The van der Waals surface area contributed by atoms with E-state index in [1.54, 1.807) is 11.8 Å². The zero-order valence-corrected chi connectivity index (χ0v) is 22.5. The van der Waals surface area contributed by atoms with E-state index in [2.05, 4.69) is 30.9 Å². The molecule has 1 aromatic carbocycles. The molecule has 2 aliphatic rings. The highest BCUT2D eigenvalue weighted by molar-refractivity contribution is 5.96. The first-order valence-electron chi connectivity index (χ1n) is 12.8. The number of rotatable bonds is 5. The van der Waals surface area contributed by atoms with Crippen LogP contribution in [-0.2, 0) is 9.53 Å². The molecule has 2 amide bonds. The first-order valence-corrected chi connectivity index (χ1v) is 12.8. The van der Waals surface area contributed by atoms with Crippen molar-refractivity contribution in [2.24, 2.45) is 10.9 Å². The molecular weight excluding hydrogens is 440 g/mol. The quantitative estimate of drug-likeness (QED) is 0.549. The van der Waals surface area contributed by atoms with Gasteiger partial charge in [-0.25, -0.2) is 4.79 Å². The molecule has 1 saturated heterocycles. The van der Waals surface area contributed by atoms with Crippen molar-refractivity contribution in [2.45, 2.75) is 72.6 Å². The second kappa shape index (κ2) is 11.4. The Morgan fingerprint density at radius 1 is 1.11 bits per heavy atom. The van der Waals surface area contributed by atoms with E-state index in [1.165, 1.54) is 0 Å². The summed E-state index contributed by atoms with van der Waals surface area (Å²) < 4.78 is 5.51. The molecule has 35 heavy (non-hydrogen) atoms. The minimum absolute atomic E-state index is 0.00650. The first kappa shape index (κ1) is 26.9. The van der Waals surface area contributed by atoms with E-state index in [1.807, 2.05) is 56.9 Å². The monoisotopic (exact) mass is 482 g/mol. The molecule has 2 heterocycles. The largest absolute Gasteiger partial charge is 0.444 e. The Morgan fingerprint density at radius 3 is 2.37 bits per heavy atom. The number of aliphatic imine (C=N–C) groups is 1. The molecule has 0 saturated carbocycles. The molecule has 3 unspecified atom stereocenters. The number of allylic oxidation sites excluding steroid dienone is 2. The summed E-state index contributed by atoms with van der Waals surface area (Å²) in [6.07, 6.45) is 4.76. The molecule has 3 atom stereocenters. The molecule has 0 aliphatic carbocycles. The molecule has 3 rings (SSSR count). The summed E-state index contributed by atoms with van der Waals surface area (Å²) in [7, 11) is 0. The summed E-state index contributed by atoms with van der Waals surface area (Å²) in [5, 5.41) is 0. The van der Waals surface area contributed by atoms with Gasteiger partial charge in [-0.1, -0.05) is 31.2 Å². The minimum Gasteiger partial charge on any atom is -0.444 e. The third-order valence-corrected chi connectivity index (χ3v) is 6.89. The average Bonchev–Trinajstić information content (AvgIpc) is 2.79. The van der Waals surface area contributed by atoms with E-state index >= 15 is 0 Å². The van der Waals surface area contributed by atoms with Crippen LogP contribution in [0.5, 0.6) is 0 Å². The van der Waals surface area contributed by atoms with Crippen molar-refractivity contribution in [3.63, 3.8) is 0 Å². The van der Waals surface area contributed by atoms with Crippen molar-refractivity contribution >= 4 is 23.4 Å². The second-order valence-electron chi connectivity index (χ2n) is 10.7. The maximum absolute atomic E-state index is 12.4. The van der Waals surface area contributed by atoms with Crippen LogP contribution in [0.1, 0.15) is 66.5 Å². The van der Waals surface area contributed by atoms with E-state index in [0.717, 1.165) is 43.0 Å². The molecule has 0 spiro atoms. The van der Waals surface area contributed by atoms with E-state index < -0.39 is 5.60 Å². The van der Waals surface area contributed by atoms with Gasteiger partial charge >= 0.3 is 6.09 Å². The van der Waals surface area contributed by atoms with Crippen LogP contribution in [0.2, 0.25) is 0 Å². The number of benzene rings is 1. The third kappa shape index (κ3) is 6.72. The SMILES string of the molecule is C/C=C\C(CCN1CCN(C(=O)OC(C)(C)C)CC1)=NC1c2ccccc2N(C(C)=O)C(C)C1C. The zero-order chi connectivity index (χ0) is 25.8. The van der Waals surface area contributed by atoms with Gasteiger partial charge in [0.15, 0.2) is 0 Å². The van der Waals surface area contributed by atoms with Crippen molar-refractivity contribution in [1.29, 1.82) is 0 Å². The maximum atomic E-state index is 12.4. The third-order valence-electron chi connectivity index (χ3n) is 6.89. The standard InChI is InChI=1S/C28H42N4O3/c1-8-11-23(14-15-30-16-18-31(19-17-30)27(34)35-28(5,6)7)29-26-20(2)21(3)32(22(4)33)25-13-10-9-12-24(25)26/h8-13,20-21,26H,14-19H2,1-7H3/b11-8-,29-23?. The highest BCUT2D eigenvalue weighted by Gasteiger charge is 2.38. The normalized spacial score (nSPS) is 24.0. The molecule has 7 nitrogen and oxygen atoms in total. The zero-order valence-electron chi connectivity index (χ0n) is 22.5. The van der Waals surface area contributed by atoms with Gasteiger partial charge in [-0.15, -0.1) is 0 Å². The molecular formula is C28H42N4O3. The van der Waals surface area contributed by atoms with Crippen LogP contribution < -0.4 is 4.90 Å². The van der Waals surface area contributed by atoms with Gasteiger partial charge in [0, 0.05) is 75.0 Å². The lowest BCUT2D eigenvalue weighted by molar-refractivity contribution is -0.117. The first-order chi connectivity index (χ1) is 16.5. The number of nitrogens with zero attached hydrogens (tertiary/aromatic N) is 4. The van der Waals surface area contributed by atoms with E-state index in [9.17, 15) is 9.59 Å². The summed E-state index contributed by atoms with van der Waals surface area (Å²) in [5.41, 5.74) is 2.68. The second-order valence-corrected chi connectivity index (χ2v) is 10.7.